The fourth-order valence-electron chi connectivity index (χ4n) is 1.80. The van der Waals surface area contributed by atoms with E-state index in [0.717, 1.165) is 5.56 Å². The van der Waals surface area contributed by atoms with Crippen molar-refractivity contribution in [3.05, 3.63) is 35.9 Å². The Morgan fingerprint density at radius 1 is 1.21 bits per heavy atom. The zero-order valence-electron chi connectivity index (χ0n) is 11.0. The molecule has 0 heterocycles. The van der Waals surface area contributed by atoms with Gasteiger partial charge in [-0.1, -0.05) is 30.3 Å². The maximum atomic E-state index is 11.9. The van der Waals surface area contributed by atoms with Crippen LogP contribution >= 0.6 is 0 Å². The second kappa shape index (κ2) is 8.26. The summed E-state index contributed by atoms with van der Waals surface area (Å²) in [5.74, 6) is -0.666. The van der Waals surface area contributed by atoms with Crippen LogP contribution < -0.4 is 16.8 Å². The number of rotatable bonds is 8. The highest BCUT2D eigenvalue weighted by molar-refractivity contribution is 5.79. The Morgan fingerprint density at radius 3 is 2.47 bits per heavy atom. The van der Waals surface area contributed by atoms with Crippen LogP contribution in [0.1, 0.15) is 18.4 Å². The van der Waals surface area contributed by atoms with Gasteiger partial charge in [-0.05, 0) is 18.4 Å². The van der Waals surface area contributed by atoms with Crippen molar-refractivity contribution in [1.82, 2.24) is 5.32 Å². The van der Waals surface area contributed by atoms with Crippen LogP contribution in [-0.2, 0) is 16.0 Å². The summed E-state index contributed by atoms with van der Waals surface area (Å²) in [6.07, 6.45) is 1.47. The quantitative estimate of drug-likeness (QED) is 0.584. The fraction of sp³-hybridized carbons (Fsp3) is 0.429. The summed E-state index contributed by atoms with van der Waals surface area (Å²) < 4.78 is 0. The van der Waals surface area contributed by atoms with Crippen molar-refractivity contribution in [2.75, 3.05) is 13.1 Å². The lowest BCUT2D eigenvalue weighted by atomic mass is 9.98. The van der Waals surface area contributed by atoms with Crippen molar-refractivity contribution in [2.45, 2.75) is 19.3 Å². The van der Waals surface area contributed by atoms with Crippen LogP contribution in [0.4, 0.5) is 0 Å². The minimum atomic E-state index is -0.353. The molecule has 0 saturated carbocycles. The smallest absolute Gasteiger partial charge is 0.224 e. The van der Waals surface area contributed by atoms with E-state index in [1.807, 2.05) is 30.3 Å². The third-order valence-electron chi connectivity index (χ3n) is 2.88. The molecule has 5 heteroatoms. The van der Waals surface area contributed by atoms with E-state index in [1.165, 1.54) is 0 Å². The van der Waals surface area contributed by atoms with E-state index in [2.05, 4.69) is 5.32 Å². The third kappa shape index (κ3) is 6.01. The molecule has 2 amide bonds. The zero-order valence-corrected chi connectivity index (χ0v) is 11.0. The first-order valence-electron chi connectivity index (χ1n) is 6.43. The maximum absolute atomic E-state index is 11.9. The molecule has 1 aromatic rings. The molecule has 0 aliphatic rings. The van der Waals surface area contributed by atoms with Crippen molar-refractivity contribution < 1.29 is 9.59 Å². The second-order valence-corrected chi connectivity index (χ2v) is 4.48. The fourth-order valence-corrected chi connectivity index (χ4v) is 1.80. The first-order chi connectivity index (χ1) is 9.13. The van der Waals surface area contributed by atoms with Gasteiger partial charge >= 0.3 is 0 Å². The van der Waals surface area contributed by atoms with E-state index in [-0.39, 0.29) is 24.2 Å². The van der Waals surface area contributed by atoms with Crippen LogP contribution in [0.5, 0.6) is 0 Å². The van der Waals surface area contributed by atoms with Crippen molar-refractivity contribution in [1.29, 1.82) is 0 Å². The first kappa shape index (κ1) is 15.2. The Kier molecular flexibility index (Phi) is 6.60. The van der Waals surface area contributed by atoms with E-state index < -0.39 is 0 Å². The van der Waals surface area contributed by atoms with Crippen LogP contribution in [0.3, 0.4) is 0 Å². The molecule has 5 N–H and O–H groups in total. The third-order valence-corrected chi connectivity index (χ3v) is 2.88. The topological polar surface area (TPSA) is 98.2 Å². The van der Waals surface area contributed by atoms with E-state index in [1.54, 1.807) is 0 Å². The molecule has 0 spiro atoms. The number of nitrogens with two attached hydrogens (primary N) is 2. The first-order valence-corrected chi connectivity index (χ1v) is 6.43. The van der Waals surface area contributed by atoms with Crippen LogP contribution in [0.15, 0.2) is 30.3 Å². The molecule has 5 nitrogen and oxygen atoms in total. The summed E-state index contributed by atoms with van der Waals surface area (Å²) in [5, 5.41) is 2.78. The lowest BCUT2D eigenvalue weighted by molar-refractivity contribution is -0.125. The van der Waals surface area contributed by atoms with Gasteiger partial charge in [0.25, 0.3) is 0 Å². The molecule has 1 atom stereocenters. The van der Waals surface area contributed by atoms with Crippen LogP contribution in [0, 0.1) is 5.92 Å². The van der Waals surface area contributed by atoms with E-state index in [4.69, 9.17) is 11.5 Å². The van der Waals surface area contributed by atoms with Gasteiger partial charge in [0.2, 0.25) is 11.8 Å². The Labute approximate surface area is 113 Å². The van der Waals surface area contributed by atoms with Gasteiger partial charge in [-0.25, -0.2) is 0 Å². The second-order valence-electron chi connectivity index (χ2n) is 4.48. The largest absolute Gasteiger partial charge is 0.370 e. The van der Waals surface area contributed by atoms with Crippen molar-refractivity contribution in [3.8, 4) is 0 Å². The molecule has 0 radical (unpaired) electrons. The normalized spacial score (nSPS) is 11.8. The van der Waals surface area contributed by atoms with Gasteiger partial charge in [-0.15, -0.1) is 0 Å². The van der Waals surface area contributed by atoms with Gasteiger partial charge in [0.15, 0.2) is 0 Å². The number of primary amides is 1. The number of carbonyl (C=O) groups is 2. The number of hydrogen-bond donors (Lipinski definition) is 3. The number of amides is 2. The number of nitrogens with one attached hydrogen (secondary N) is 1. The minimum Gasteiger partial charge on any atom is -0.370 e. The molecule has 0 aliphatic carbocycles. The van der Waals surface area contributed by atoms with Crippen molar-refractivity contribution in [3.63, 3.8) is 0 Å². The Bertz CT molecular complexity index is 406. The van der Waals surface area contributed by atoms with E-state index in [0.29, 0.717) is 25.9 Å². The summed E-state index contributed by atoms with van der Waals surface area (Å²) in [7, 11) is 0. The standard InChI is InChI=1S/C14H21N3O2/c15-10-12(9-11-5-2-1-3-6-11)14(19)17-8-4-7-13(16)18/h1-3,5-6,12H,4,7-10,15H2,(H2,16,18)(H,17,19). The van der Waals surface area contributed by atoms with Gasteiger partial charge in [-0.2, -0.15) is 0 Å². The number of benzene rings is 1. The lowest BCUT2D eigenvalue weighted by Crippen LogP contribution is -2.37. The molecule has 0 fully saturated rings. The molecule has 1 aromatic carbocycles. The van der Waals surface area contributed by atoms with E-state index >= 15 is 0 Å². The Balaban J connectivity index is 2.37. The minimum absolute atomic E-state index is 0.0733. The molecule has 1 unspecified atom stereocenters. The molecular formula is C14H21N3O2. The molecule has 104 valence electrons. The molecule has 0 aromatic heterocycles. The Morgan fingerprint density at radius 2 is 1.89 bits per heavy atom. The average molecular weight is 263 g/mol. The van der Waals surface area contributed by atoms with Gasteiger partial charge in [0.05, 0.1) is 5.92 Å². The van der Waals surface area contributed by atoms with Gasteiger partial charge < -0.3 is 16.8 Å². The highest BCUT2D eigenvalue weighted by atomic mass is 16.2. The zero-order chi connectivity index (χ0) is 14.1. The predicted octanol–water partition coefficient (Wildman–Crippen LogP) is 0.186. The molecule has 0 saturated heterocycles. The van der Waals surface area contributed by atoms with Crippen molar-refractivity contribution >= 4 is 11.8 Å². The lowest BCUT2D eigenvalue weighted by Gasteiger charge is -2.14. The molecular weight excluding hydrogens is 242 g/mol. The van der Waals surface area contributed by atoms with E-state index in [9.17, 15) is 9.59 Å². The summed E-state index contributed by atoms with van der Waals surface area (Å²) in [6, 6.07) is 9.76. The summed E-state index contributed by atoms with van der Waals surface area (Å²) in [5.41, 5.74) is 11.8. The van der Waals surface area contributed by atoms with Crippen LogP contribution in [0.25, 0.3) is 0 Å². The number of hydrogen-bond acceptors (Lipinski definition) is 3. The molecule has 0 aliphatic heterocycles. The summed E-state index contributed by atoms with van der Waals surface area (Å²) in [4.78, 5) is 22.5. The highest BCUT2D eigenvalue weighted by Gasteiger charge is 2.16. The monoisotopic (exact) mass is 263 g/mol. The molecule has 1 rings (SSSR count). The van der Waals surface area contributed by atoms with Gasteiger partial charge in [0.1, 0.15) is 0 Å². The highest BCUT2D eigenvalue weighted by Crippen LogP contribution is 2.08. The molecule has 0 bridgehead atoms. The van der Waals surface area contributed by atoms with Crippen molar-refractivity contribution in [2.24, 2.45) is 17.4 Å². The predicted molar refractivity (Wildman–Crippen MR) is 74.1 cm³/mol. The van der Waals surface area contributed by atoms with Gasteiger partial charge in [0, 0.05) is 19.5 Å². The van der Waals surface area contributed by atoms with Gasteiger partial charge in [-0.3, -0.25) is 9.59 Å². The van der Waals surface area contributed by atoms with Crippen LogP contribution in [0.2, 0.25) is 0 Å². The summed E-state index contributed by atoms with van der Waals surface area (Å²) in [6.45, 7) is 0.754. The molecule has 19 heavy (non-hydrogen) atoms. The summed E-state index contributed by atoms with van der Waals surface area (Å²) >= 11 is 0. The SMILES string of the molecule is NCC(Cc1ccccc1)C(=O)NCCCC(N)=O. The number of carbonyl (C=O) groups excluding carboxylic acids is 2. The Hall–Kier alpha value is -1.88. The van der Waals surface area contributed by atoms with Crippen LogP contribution in [-0.4, -0.2) is 24.9 Å². The maximum Gasteiger partial charge on any atom is 0.224 e. The average Bonchev–Trinajstić information content (AvgIpc) is 2.41.